The molecule has 7 heteroatoms. The topological polar surface area (TPSA) is 160 Å². The maximum atomic E-state index is 7.50. The van der Waals surface area contributed by atoms with Gasteiger partial charge in [-0.05, 0) is 0 Å². The van der Waals surface area contributed by atoms with E-state index in [1.54, 1.807) is 0 Å². The fourth-order valence-electron chi connectivity index (χ4n) is 0. The molecule has 0 fully saturated rings. The zero-order valence-corrected chi connectivity index (χ0v) is 6.03. The summed E-state index contributed by atoms with van der Waals surface area (Å²) in [6.07, 6.45) is 0. The molecule has 0 unspecified atom stereocenters. The first-order valence-corrected chi connectivity index (χ1v) is 1.50. The minimum absolute atomic E-state index is 3.50. The van der Waals surface area contributed by atoms with Crippen LogP contribution in [0, 0.1) is 69.7 Å². The highest BCUT2D eigenvalue weighted by Gasteiger charge is 0.589. The van der Waals surface area contributed by atoms with Crippen LogP contribution in [0.5, 0.6) is 0 Å². The van der Waals surface area contributed by atoms with E-state index in [-0.39, 0.29) is 0 Å². The Morgan fingerprint density at radius 2 is 0.500 bits per heavy atom. The minimum Gasteiger partial charge on any atom is -0.202 e. The molecule has 0 aliphatic rings. The quantitative estimate of drug-likeness (QED) is 0.528. The van der Waals surface area contributed by atoms with E-state index in [4.69, 9.17) is 31.2 Å². The molecule has 0 bridgehead atoms. The molecule has 0 heterocycles. The van der Waals surface area contributed by atoms with Crippen molar-refractivity contribution < 1.29 is 0 Å². The van der Waals surface area contributed by atoms with Crippen molar-refractivity contribution in [3.05, 3.63) is 4.91 Å². The summed E-state index contributed by atoms with van der Waals surface area (Å²) >= 11 is 0. The monoisotopic (exact) mass is 166 g/mol. The number of hydrogen-bond acceptors (Lipinski definition) is 7. The Hall–Kier alpha value is -2.95. The van der Waals surface area contributed by atoms with E-state index >= 15 is 0 Å². The fourth-order valence-corrected chi connectivity index (χ4v) is 0. The SMILES string of the molecule is C#N.C#N.C#N.C#N.C#N.N=O. The molecule has 0 aliphatic carbocycles. The molecule has 7 nitrogen and oxygen atoms in total. The third-order valence-corrected chi connectivity index (χ3v) is 0. The number of nitriles is 5. The Labute approximate surface area is 70.7 Å². The fraction of sp³-hybridized carbons (Fsp3) is 0. The van der Waals surface area contributed by atoms with Gasteiger partial charge >= 0.3 is 0 Å². The molecule has 62 valence electrons. The van der Waals surface area contributed by atoms with Crippen molar-refractivity contribution in [1.29, 1.82) is 31.9 Å². The van der Waals surface area contributed by atoms with Crippen molar-refractivity contribution in [2.45, 2.75) is 0 Å². The smallest absolute Gasteiger partial charge is 0.0462 e. The first-order valence-electron chi connectivity index (χ1n) is 1.50. The standard InChI is InChI=1S/5CHN.HNO/c6*1-2/h6*1H. The van der Waals surface area contributed by atoms with Crippen LogP contribution in [0.1, 0.15) is 0 Å². The summed E-state index contributed by atoms with van der Waals surface area (Å²) in [4.78, 5) is 7.50. The average molecular weight is 166 g/mol. The molecule has 0 saturated heterocycles. The predicted octanol–water partition coefficient (Wildman–Crippen LogP) is 1.03. The van der Waals surface area contributed by atoms with Gasteiger partial charge < -0.3 is 0 Å². The Balaban J connectivity index is -0.00000000900. The van der Waals surface area contributed by atoms with Crippen molar-refractivity contribution in [1.82, 2.24) is 0 Å². The molecular weight excluding hydrogens is 160 g/mol. The average Bonchev–Trinajstić information content (AvgIpc) is 2.33. The molecule has 0 radical (unpaired) electrons. The lowest BCUT2D eigenvalue weighted by molar-refractivity contribution is 1.49. The van der Waals surface area contributed by atoms with Gasteiger partial charge in [0.05, 0.1) is 0 Å². The second kappa shape index (κ2) is 46.0. The lowest BCUT2D eigenvalue weighted by Crippen LogP contribution is -0.649. The summed E-state index contributed by atoms with van der Waals surface area (Å²) in [5.74, 6) is 0. The first kappa shape index (κ1) is 63.0. The predicted molar refractivity (Wildman–Crippen MR) is 39.4 cm³/mol. The largest absolute Gasteiger partial charge is 0.202 e. The van der Waals surface area contributed by atoms with Crippen LogP contribution in [-0.2, 0) is 0 Å². The van der Waals surface area contributed by atoms with Crippen LogP contribution in [0.4, 0.5) is 0 Å². The molecule has 1 N–H and O–H groups in total. The maximum absolute atomic E-state index is 7.50. The molecule has 12 heavy (non-hydrogen) atoms. The molecule has 0 rings (SSSR count). The van der Waals surface area contributed by atoms with E-state index in [0.717, 1.165) is 0 Å². The van der Waals surface area contributed by atoms with Crippen molar-refractivity contribution in [3.8, 4) is 32.9 Å². The lowest BCUT2D eigenvalue weighted by atomic mass is 11.9. The van der Waals surface area contributed by atoms with Crippen molar-refractivity contribution in [3.63, 3.8) is 0 Å². The number of nitrogens with one attached hydrogen (secondary N) is 1. The Bertz CT molecular complexity index is 85.3. The summed E-state index contributed by atoms with van der Waals surface area (Å²) < 4.78 is 0. The molecule has 0 atom stereocenters. The number of nitroso groups, excluding NO2 is 1. The van der Waals surface area contributed by atoms with Gasteiger partial charge in [0.2, 0.25) is 0 Å². The van der Waals surface area contributed by atoms with E-state index in [1.807, 2.05) is 0 Å². The van der Waals surface area contributed by atoms with Crippen LogP contribution in [0.2, 0.25) is 0 Å². The van der Waals surface area contributed by atoms with Gasteiger partial charge in [0.15, 0.2) is 0 Å². The molecule has 0 aromatic rings. The number of nitrogens with zero attached hydrogens (tertiary/aromatic N) is 5. The van der Waals surface area contributed by atoms with Crippen LogP contribution in [0.25, 0.3) is 0 Å². The highest BCUT2D eigenvalue weighted by atomic mass is 16.2. The first-order chi connectivity index (χ1) is 6.00. The summed E-state index contributed by atoms with van der Waals surface area (Å²) in [5.41, 5.74) is 4.50. The van der Waals surface area contributed by atoms with Gasteiger partial charge in [0, 0.05) is 32.9 Å². The van der Waals surface area contributed by atoms with Crippen LogP contribution in [-0.4, -0.2) is 0 Å². The molecule has 0 saturated carbocycles. The normalized spacial score (nSPS) is 1.17. The van der Waals surface area contributed by atoms with Crippen molar-refractivity contribution in [2.75, 3.05) is 0 Å². The van der Waals surface area contributed by atoms with E-state index < -0.39 is 0 Å². The van der Waals surface area contributed by atoms with E-state index in [0.29, 0.717) is 0 Å². The van der Waals surface area contributed by atoms with Gasteiger partial charge in [-0.1, -0.05) is 5.59 Å². The highest BCUT2D eigenvalue weighted by molar-refractivity contribution is 4.04. The molecule has 0 aromatic carbocycles. The third-order valence-electron chi connectivity index (χ3n) is 0. The van der Waals surface area contributed by atoms with Gasteiger partial charge in [-0.2, -0.15) is 4.91 Å². The van der Waals surface area contributed by atoms with E-state index in [9.17, 15) is 0 Å². The van der Waals surface area contributed by atoms with Gasteiger partial charge in [0.1, 0.15) is 0 Å². The van der Waals surface area contributed by atoms with Crippen molar-refractivity contribution >= 4 is 0 Å². The Kier molecular flexibility index (Phi) is 242. The summed E-state index contributed by atoms with van der Waals surface area (Å²) in [5, 5.41) is 32.5. The Morgan fingerprint density at radius 1 is 0.500 bits per heavy atom. The number of hydrogen-bond donors (Lipinski definition) is 1. The number of rotatable bonds is 0. The van der Waals surface area contributed by atoms with Gasteiger partial charge in [-0.15, -0.1) is 0 Å². The zero-order valence-electron chi connectivity index (χ0n) is 6.03. The van der Waals surface area contributed by atoms with Crippen LogP contribution in [0.3, 0.4) is 0 Å². The van der Waals surface area contributed by atoms with Crippen LogP contribution < -0.4 is 0 Å². The second-order valence-corrected chi connectivity index (χ2v) is 0. The molecule has 0 aromatic heterocycles. The minimum atomic E-state index is 3.50. The zero-order chi connectivity index (χ0) is 12.0. The maximum Gasteiger partial charge on any atom is 0.0462 e. The Morgan fingerprint density at radius 3 is 0.500 bits per heavy atom. The van der Waals surface area contributed by atoms with Crippen LogP contribution in [0.15, 0.2) is 0 Å². The van der Waals surface area contributed by atoms with Gasteiger partial charge in [-0.25, -0.2) is 26.3 Å². The molecule has 0 spiro atoms. The summed E-state index contributed by atoms with van der Waals surface area (Å²) in [6.45, 7) is 17.5. The van der Waals surface area contributed by atoms with Crippen LogP contribution >= 0.6 is 0 Å². The van der Waals surface area contributed by atoms with Crippen molar-refractivity contribution in [2.24, 2.45) is 0 Å². The van der Waals surface area contributed by atoms with E-state index in [2.05, 4.69) is 38.5 Å². The van der Waals surface area contributed by atoms with Gasteiger partial charge in [-0.3, -0.25) is 0 Å². The molecule has 0 amide bonds. The van der Waals surface area contributed by atoms with E-state index in [1.165, 1.54) is 0 Å². The summed E-state index contributed by atoms with van der Waals surface area (Å²) in [6, 6.07) is 0. The second-order valence-electron chi connectivity index (χ2n) is 0. The summed E-state index contributed by atoms with van der Waals surface area (Å²) in [7, 11) is 0. The molecular formula is C5H6N6O. The van der Waals surface area contributed by atoms with Gasteiger partial charge in [0.25, 0.3) is 0 Å². The third kappa shape index (κ3) is 29.7. The lowest BCUT2D eigenvalue weighted by Gasteiger charge is -0.827. The highest BCUT2D eigenvalue weighted by Crippen LogP contribution is 0.766. The molecule has 0 aliphatic heterocycles.